The van der Waals surface area contributed by atoms with Crippen LogP contribution in [0.2, 0.25) is 0 Å². The minimum absolute atomic E-state index is 0.382. The molecule has 0 radical (unpaired) electrons. The Kier molecular flexibility index (Phi) is 7.28. The Hall–Kier alpha value is -1.50. The standard InChI is InChI=1S/C18H28N2O/c1-14(2)12-20(15(3)4)13-17-11-16(7-6-10-19)8-9-18(17)21-5/h8-9,11,14-15H,10,12-13,19H2,1-5H3. The fraction of sp³-hybridized carbons (Fsp3) is 0.556. The predicted octanol–water partition coefficient (Wildman–Crippen LogP) is 2.87. The second kappa shape index (κ2) is 8.71. The van der Waals surface area contributed by atoms with Crippen molar-refractivity contribution in [3.63, 3.8) is 0 Å². The highest BCUT2D eigenvalue weighted by atomic mass is 16.5. The Morgan fingerprint density at radius 3 is 2.48 bits per heavy atom. The van der Waals surface area contributed by atoms with Gasteiger partial charge in [-0.05, 0) is 38.0 Å². The van der Waals surface area contributed by atoms with E-state index in [1.807, 2.05) is 12.1 Å². The molecular formula is C18H28N2O. The van der Waals surface area contributed by atoms with Crippen molar-refractivity contribution >= 4 is 0 Å². The maximum Gasteiger partial charge on any atom is 0.123 e. The van der Waals surface area contributed by atoms with Crippen molar-refractivity contribution in [2.75, 3.05) is 20.2 Å². The predicted molar refractivity (Wildman–Crippen MR) is 89.3 cm³/mol. The monoisotopic (exact) mass is 288 g/mol. The van der Waals surface area contributed by atoms with Crippen LogP contribution < -0.4 is 10.5 Å². The number of benzene rings is 1. The lowest BCUT2D eigenvalue weighted by atomic mass is 10.1. The molecule has 0 aromatic heterocycles. The summed E-state index contributed by atoms with van der Waals surface area (Å²) in [5.41, 5.74) is 7.61. The zero-order valence-corrected chi connectivity index (χ0v) is 13.9. The molecule has 0 heterocycles. The van der Waals surface area contributed by atoms with Gasteiger partial charge in [0, 0.05) is 30.3 Å². The fourth-order valence-electron chi connectivity index (χ4n) is 2.28. The van der Waals surface area contributed by atoms with Crippen molar-refractivity contribution in [3.05, 3.63) is 29.3 Å². The summed E-state index contributed by atoms with van der Waals surface area (Å²) in [4.78, 5) is 2.46. The molecule has 1 rings (SSSR count). The molecule has 0 fully saturated rings. The lowest BCUT2D eigenvalue weighted by Gasteiger charge is -2.29. The molecule has 0 aliphatic rings. The van der Waals surface area contributed by atoms with E-state index in [0.717, 1.165) is 24.4 Å². The van der Waals surface area contributed by atoms with Gasteiger partial charge in [-0.25, -0.2) is 0 Å². The number of nitrogens with two attached hydrogens (primary N) is 1. The van der Waals surface area contributed by atoms with Crippen LogP contribution >= 0.6 is 0 Å². The number of methoxy groups -OCH3 is 1. The summed E-state index contributed by atoms with van der Waals surface area (Å²) >= 11 is 0. The van der Waals surface area contributed by atoms with Crippen molar-refractivity contribution in [2.24, 2.45) is 11.7 Å². The van der Waals surface area contributed by atoms with Crippen LogP contribution in [0, 0.1) is 17.8 Å². The first-order valence-electron chi connectivity index (χ1n) is 7.57. The first kappa shape index (κ1) is 17.6. The lowest BCUT2D eigenvalue weighted by molar-refractivity contribution is 0.187. The van der Waals surface area contributed by atoms with E-state index >= 15 is 0 Å². The van der Waals surface area contributed by atoms with Crippen LogP contribution in [0.3, 0.4) is 0 Å². The molecule has 0 aliphatic carbocycles. The number of hydrogen-bond donors (Lipinski definition) is 1. The summed E-state index contributed by atoms with van der Waals surface area (Å²) in [5.74, 6) is 7.55. The zero-order chi connectivity index (χ0) is 15.8. The SMILES string of the molecule is COc1ccc(C#CCN)cc1CN(CC(C)C)C(C)C. The highest BCUT2D eigenvalue weighted by molar-refractivity contribution is 5.44. The molecule has 0 unspecified atom stereocenters. The normalized spacial score (nSPS) is 10.9. The maximum absolute atomic E-state index is 5.49. The summed E-state index contributed by atoms with van der Waals surface area (Å²) in [6, 6.07) is 6.57. The molecule has 3 heteroatoms. The van der Waals surface area contributed by atoms with Crippen LogP contribution in [0.5, 0.6) is 5.75 Å². The molecule has 0 saturated carbocycles. The minimum Gasteiger partial charge on any atom is -0.496 e. The molecule has 0 spiro atoms. The van der Waals surface area contributed by atoms with Gasteiger partial charge in [0.05, 0.1) is 13.7 Å². The van der Waals surface area contributed by atoms with Gasteiger partial charge < -0.3 is 10.5 Å². The van der Waals surface area contributed by atoms with Gasteiger partial charge in [0.2, 0.25) is 0 Å². The van der Waals surface area contributed by atoms with Gasteiger partial charge in [-0.15, -0.1) is 0 Å². The van der Waals surface area contributed by atoms with Gasteiger partial charge in [0.1, 0.15) is 5.75 Å². The Bertz CT molecular complexity index is 498. The van der Waals surface area contributed by atoms with Crippen molar-refractivity contribution in [1.29, 1.82) is 0 Å². The third-order valence-corrected chi connectivity index (χ3v) is 3.32. The number of rotatable bonds is 6. The second-order valence-electron chi connectivity index (χ2n) is 5.95. The molecule has 0 aliphatic heterocycles. The maximum atomic E-state index is 5.49. The molecule has 0 amide bonds. The zero-order valence-electron chi connectivity index (χ0n) is 13.9. The van der Waals surface area contributed by atoms with E-state index < -0.39 is 0 Å². The molecule has 116 valence electrons. The van der Waals surface area contributed by atoms with E-state index in [1.165, 1.54) is 5.56 Å². The van der Waals surface area contributed by atoms with Crippen LogP contribution in [-0.4, -0.2) is 31.1 Å². The average Bonchev–Trinajstić information content (AvgIpc) is 2.44. The highest BCUT2D eigenvalue weighted by Gasteiger charge is 2.14. The largest absolute Gasteiger partial charge is 0.496 e. The van der Waals surface area contributed by atoms with Crippen molar-refractivity contribution in [1.82, 2.24) is 4.90 Å². The van der Waals surface area contributed by atoms with Crippen molar-refractivity contribution in [2.45, 2.75) is 40.3 Å². The van der Waals surface area contributed by atoms with Gasteiger partial charge in [0.15, 0.2) is 0 Å². The molecule has 0 bridgehead atoms. The topological polar surface area (TPSA) is 38.5 Å². The Labute approximate surface area is 129 Å². The van der Waals surface area contributed by atoms with Crippen LogP contribution in [0.15, 0.2) is 18.2 Å². The molecule has 21 heavy (non-hydrogen) atoms. The van der Waals surface area contributed by atoms with Gasteiger partial charge in [0.25, 0.3) is 0 Å². The van der Waals surface area contributed by atoms with Crippen LogP contribution in [0.4, 0.5) is 0 Å². The Balaban J connectivity index is 3.02. The number of hydrogen-bond acceptors (Lipinski definition) is 3. The first-order valence-corrected chi connectivity index (χ1v) is 7.57. The summed E-state index contributed by atoms with van der Waals surface area (Å²) in [7, 11) is 1.71. The highest BCUT2D eigenvalue weighted by Crippen LogP contribution is 2.22. The summed E-state index contributed by atoms with van der Waals surface area (Å²) in [6.45, 7) is 11.3. The average molecular weight is 288 g/mol. The molecule has 0 saturated heterocycles. The van der Waals surface area contributed by atoms with Crippen LogP contribution in [0.1, 0.15) is 38.8 Å². The second-order valence-corrected chi connectivity index (χ2v) is 5.95. The molecule has 1 aromatic rings. The first-order chi connectivity index (χ1) is 9.97. The minimum atomic E-state index is 0.382. The van der Waals surface area contributed by atoms with E-state index in [0.29, 0.717) is 18.5 Å². The quantitative estimate of drug-likeness (QED) is 0.818. The fourth-order valence-corrected chi connectivity index (χ4v) is 2.28. The van der Waals surface area contributed by atoms with Gasteiger partial charge in [-0.3, -0.25) is 4.90 Å². The van der Waals surface area contributed by atoms with Crippen LogP contribution in [-0.2, 0) is 6.54 Å². The van der Waals surface area contributed by atoms with Gasteiger partial charge in [-0.1, -0.05) is 25.7 Å². The Morgan fingerprint density at radius 2 is 1.95 bits per heavy atom. The van der Waals surface area contributed by atoms with E-state index in [1.54, 1.807) is 7.11 Å². The molecule has 3 nitrogen and oxygen atoms in total. The van der Waals surface area contributed by atoms with E-state index in [-0.39, 0.29) is 0 Å². The Morgan fingerprint density at radius 1 is 1.24 bits per heavy atom. The molecule has 1 aromatic carbocycles. The van der Waals surface area contributed by atoms with E-state index in [4.69, 9.17) is 10.5 Å². The summed E-state index contributed by atoms with van der Waals surface area (Å²) < 4.78 is 5.49. The lowest BCUT2D eigenvalue weighted by Crippen LogP contribution is -2.33. The van der Waals surface area contributed by atoms with Crippen molar-refractivity contribution in [3.8, 4) is 17.6 Å². The van der Waals surface area contributed by atoms with E-state index in [2.05, 4.69) is 50.5 Å². The number of nitrogens with zero attached hydrogens (tertiary/aromatic N) is 1. The van der Waals surface area contributed by atoms with Crippen molar-refractivity contribution < 1.29 is 4.74 Å². The summed E-state index contributed by atoms with van der Waals surface area (Å²) in [6.07, 6.45) is 0. The third-order valence-electron chi connectivity index (χ3n) is 3.32. The number of ether oxygens (including phenoxy) is 1. The van der Waals surface area contributed by atoms with E-state index in [9.17, 15) is 0 Å². The molecular weight excluding hydrogens is 260 g/mol. The third kappa shape index (κ3) is 5.79. The summed E-state index contributed by atoms with van der Waals surface area (Å²) in [5, 5.41) is 0. The molecule has 2 N–H and O–H groups in total. The smallest absolute Gasteiger partial charge is 0.123 e. The van der Waals surface area contributed by atoms with Crippen LogP contribution in [0.25, 0.3) is 0 Å². The van der Waals surface area contributed by atoms with Gasteiger partial charge in [-0.2, -0.15) is 0 Å². The van der Waals surface area contributed by atoms with Gasteiger partial charge >= 0.3 is 0 Å². The molecule has 0 atom stereocenters.